The molecule has 1 aliphatic rings. The zero-order chi connectivity index (χ0) is 17.7. The fraction of sp³-hybridized carbons (Fsp3) is 0.650. The van der Waals surface area contributed by atoms with Crippen LogP contribution in [0.4, 0.5) is 0 Å². The third kappa shape index (κ3) is 7.88. The Bertz CT molecular complexity index is 495. The van der Waals surface area contributed by atoms with Crippen LogP contribution in [0.15, 0.2) is 29.3 Å². The van der Waals surface area contributed by atoms with Crippen LogP contribution in [0.5, 0.6) is 0 Å². The van der Waals surface area contributed by atoms with Crippen LogP contribution in [0, 0.1) is 0 Å². The lowest BCUT2D eigenvalue weighted by atomic mass is 10.1. The molecule has 0 amide bonds. The molecule has 1 aliphatic heterocycles. The second-order valence-electron chi connectivity index (χ2n) is 6.53. The highest BCUT2D eigenvalue weighted by Crippen LogP contribution is 2.10. The number of morpholine rings is 1. The monoisotopic (exact) mass is 346 g/mol. The molecule has 2 rings (SSSR count). The molecule has 1 heterocycles. The molecular weight excluding hydrogens is 312 g/mol. The van der Waals surface area contributed by atoms with Crippen LogP contribution in [0.25, 0.3) is 0 Å². The fourth-order valence-corrected chi connectivity index (χ4v) is 2.86. The summed E-state index contributed by atoms with van der Waals surface area (Å²) in [5, 5.41) is 6.73. The van der Waals surface area contributed by atoms with Crippen molar-refractivity contribution in [3.05, 3.63) is 35.4 Å². The Labute approximate surface area is 152 Å². The van der Waals surface area contributed by atoms with Gasteiger partial charge in [-0.25, -0.2) is 4.99 Å². The number of nitrogens with one attached hydrogen (secondary N) is 2. The molecule has 1 fully saturated rings. The van der Waals surface area contributed by atoms with Crippen molar-refractivity contribution in [1.29, 1.82) is 0 Å². The van der Waals surface area contributed by atoms with Crippen molar-refractivity contribution in [1.82, 2.24) is 15.5 Å². The summed E-state index contributed by atoms with van der Waals surface area (Å²) >= 11 is 0. The molecule has 5 nitrogen and oxygen atoms in total. The van der Waals surface area contributed by atoms with Crippen LogP contribution in [0.1, 0.15) is 44.2 Å². The number of hydrogen-bond donors (Lipinski definition) is 2. The van der Waals surface area contributed by atoms with Gasteiger partial charge in [0, 0.05) is 32.7 Å². The quantitative estimate of drug-likeness (QED) is 0.410. The van der Waals surface area contributed by atoms with E-state index >= 15 is 0 Å². The van der Waals surface area contributed by atoms with E-state index in [1.807, 2.05) is 0 Å². The molecule has 0 radical (unpaired) electrons. The summed E-state index contributed by atoms with van der Waals surface area (Å²) in [6.45, 7) is 11.7. The van der Waals surface area contributed by atoms with E-state index in [0.29, 0.717) is 6.54 Å². The molecular formula is C20H34N4O. The first-order valence-electron chi connectivity index (χ1n) is 9.72. The van der Waals surface area contributed by atoms with Crippen LogP contribution in [0.3, 0.4) is 0 Å². The highest BCUT2D eigenvalue weighted by molar-refractivity contribution is 5.79. The van der Waals surface area contributed by atoms with Gasteiger partial charge in [0.1, 0.15) is 0 Å². The summed E-state index contributed by atoms with van der Waals surface area (Å²) < 4.78 is 5.40. The Morgan fingerprint density at radius 2 is 1.76 bits per heavy atom. The minimum absolute atomic E-state index is 0.709. The van der Waals surface area contributed by atoms with Crippen LogP contribution in [-0.4, -0.2) is 50.3 Å². The predicted octanol–water partition coefficient (Wildman–Crippen LogP) is 2.76. The van der Waals surface area contributed by atoms with Crippen LogP contribution < -0.4 is 10.6 Å². The van der Waals surface area contributed by atoms with Crippen molar-refractivity contribution in [2.45, 2.75) is 46.2 Å². The average Bonchev–Trinajstić information content (AvgIpc) is 2.65. The van der Waals surface area contributed by atoms with Crippen molar-refractivity contribution in [3.8, 4) is 0 Å². The van der Waals surface area contributed by atoms with Crippen molar-refractivity contribution in [2.75, 3.05) is 39.4 Å². The zero-order valence-corrected chi connectivity index (χ0v) is 15.9. The summed E-state index contributed by atoms with van der Waals surface area (Å²) in [6.07, 6.45) is 3.69. The first-order valence-corrected chi connectivity index (χ1v) is 9.72. The molecule has 0 unspecified atom stereocenters. The smallest absolute Gasteiger partial charge is 0.191 e. The highest BCUT2D eigenvalue weighted by atomic mass is 16.5. The maximum absolute atomic E-state index is 5.40. The maximum Gasteiger partial charge on any atom is 0.191 e. The average molecular weight is 347 g/mol. The number of guanidine groups is 1. The lowest BCUT2D eigenvalue weighted by Crippen LogP contribution is -2.37. The van der Waals surface area contributed by atoms with Crippen molar-refractivity contribution < 1.29 is 4.74 Å². The van der Waals surface area contributed by atoms with E-state index in [9.17, 15) is 0 Å². The molecule has 2 N–H and O–H groups in total. The molecule has 0 bridgehead atoms. The van der Waals surface area contributed by atoms with Gasteiger partial charge in [0.25, 0.3) is 0 Å². The molecule has 1 saturated heterocycles. The largest absolute Gasteiger partial charge is 0.379 e. The third-order valence-corrected chi connectivity index (χ3v) is 4.37. The van der Waals surface area contributed by atoms with Crippen LogP contribution in [-0.2, 0) is 17.8 Å². The van der Waals surface area contributed by atoms with Gasteiger partial charge in [0.2, 0.25) is 0 Å². The Balaban J connectivity index is 1.80. The summed E-state index contributed by atoms with van der Waals surface area (Å²) in [5.41, 5.74) is 2.61. The number of aliphatic imine (C=N–C) groups is 1. The van der Waals surface area contributed by atoms with Gasteiger partial charge in [0.15, 0.2) is 5.96 Å². The number of unbranched alkanes of at least 4 members (excludes halogenated alkanes) is 2. The summed E-state index contributed by atoms with van der Waals surface area (Å²) in [4.78, 5) is 7.14. The van der Waals surface area contributed by atoms with Gasteiger partial charge in [-0.2, -0.15) is 0 Å². The lowest BCUT2D eigenvalue weighted by Gasteiger charge is -2.26. The highest BCUT2D eigenvalue weighted by Gasteiger charge is 2.10. The second-order valence-corrected chi connectivity index (χ2v) is 6.53. The maximum atomic E-state index is 5.40. The third-order valence-electron chi connectivity index (χ3n) is 4.37. The summed E-state index contributed by atoms with van der Waals surface area (Å²) in [7, 11) is 0. The lowest BCUT2D eigenvalue weighted by molar-refractivity contribution is 0.0342. The van der Waals surface area contributed by atoms with E-state index in [2.05, 4.69) is 53.6 Å². The van der Waals surface area contributed by atoms with Crippen molar-refractivity contribution >= 4 is 5.96 Å². The predicted molar refractivity (Wildman–Crippen MR) is 105 cm³/mol. The molecule has 0 aliphatic carbocycles. The number of nitrogens with zero attached hydrogens (tertiary/aromatic N) is 2. The van der Waals surface area contributed by atoms with Gasteiger partial charge in [-0.05, 0) is 24.5 Å². The molecule has 1 aromatic rings. The van der Waals surface area contributed by atoms with Gasteiger partial charge in [-0.1, -0.05) is 44.0 Å². The van der Waals surface area contributed by atoms with E-state index in [1.165, 1.54) is 30.4 Å². The molecule has 0 aromatic heterocycles. The molecule has 25 heavy (non-hydrogen) atoms. The van der Waals surface area contributed by atoms with E-state index in [4.69, 9.17) is 9.73 Å². The van der Waals surface area contributed by atoms with Gasteiger partial charge in [-0.3, -0.25) is 4.90 Å². The standard InChI is InChI=1S/C20H34N4O/c1-3-5-6-11-22-20(21-4-2)23-16-18-7-9-19(10-8-18)17-24-12-14-25-15-13-24/h7-10H,3-6,11-17H2,1-2H3,(H2,21,22,23). The van der Waals surface area contributed by atoms with Crippen molar-refractivity contribution in [3.63, 3.8) is 0 Å². The molecule has 5 heteroatoms. The SMILES string of the molecule is CCCCCNC(=NCc1ccc(CN2CCOCC2)cc1)NCC. The van der Waals surface area contributed by atoms with Gasteiger partial charge < -0.3 is 15.4 Å². The number of ether oxygens (including phenoxy) is 1. The fourth-order valence-electron chi connectivity index (χ4n) is 2.86. The van der Waals surface area contributed by atoms with Gasteiger partial charge in [0.05, 0.1) is 19.8 Å². The summed E-state index contributed by atoms with van der Waals surface area (Å²) in [5.74, 6) is 0.913. The summed E-state index contributed by atoms with van der Waals surface area (Å²) in [6, 6.07) is 8.84. The Hall–Kier alpha value is -1.59. The van der Waals surface area contributed by atoms with Gasteiger partial charge >= 0.3 is 0 Å². The molecule has 0 atom stereocenters. The van der Waals surface area contributed by atoms with E-state index in [1.54, 1.807) is 0 Å². The zero-order valence-electron chi connectivity index (χ0n) is 15.9. The van der Waals surface area contributed by atoms with Crippen LogP contribution >= 0.6 is 0 Å². The minimum atomic E-state index is 0.709. The van der Waals surface area contributed by atoms with E-state index in [-0.39, 0.29) is 0 Å². The molecule has 1 aromatic carbocycles. The number of rotatable bonds is 9. The molecule has 0 spiro atoms. The molecule has 140 valence electrons. The van der Waals surface area contributed by atoms with Gasteiger partial charge in [-0.15, -0.1) is 0 Å². The second kappa shape index (κ2) is 11.9. The minimum Gasteiger partial charge on any atom is -0.379 e. The van der Waals surface area contributed by atoms with E-state index in [0.717, 1.165) is 51.9 Å². The first kappa shape index (κ1) is 19.7. The Kier molecular flexibility index (Phi) is 9.37. The van der Waals surface area contributed by atoms with Crippen LogP contribution in [0.2, 0.25) is 0 Å². The molecule has 0 saturated carbocycles. The first-order chi connectivity index (χ1) is 12.3. The Morgan fingerprint density at radius 1 is 1.04 bits per heavy atom. The van der Waals surface area contributed by atoms with E-state index < -0.39 is 0 Å². The topological polar surface area (TPSA) is 48.9 Å². The Morgan fingerprint density at radius 3 is 2.44 bits per heavy atom. The number of benzene rings is 1. The number of hydrogen-bond acceptors (Lipinski definition) is 3. The van der Waals surface area contributed by atoms with Crippen molar-refractivity contribution in [2.24, 2.45) is 4.99 Å². The normalized spacial score (nSPS) is 16.0.